The maximum Gasteiger partial charge on any atom is 0.160 e. The van der Waals surface area contributed by atoms with Gasteiger partial charge in [0.25, 0.3) is 0 Å². The molecule has 1 aromatic heterocycles. The van der Waals surface area contributed by atoms with E-state index in [2.05, 4.69) is 27.9 Å². The largest absolute Gasteiger partial charge is 0.383 e. The quantitative estimate of drug-likeness (QED) is 0.670. The third-order valence-corrected chi connectivity index (χ3v) is 3.81. The van der Waals surface area contributed by atoms with Crippen molar-refractivity contribution in [2.24, 2.45) is 7.05 Å². The zero-order chi connectivity index (χ0) is 16.2. The van der Waals surface area contributed by atoms with Crippen molar-refractivity contribution >= 4 is 39.7 Å². The van der Waals surface area contributed by atoms with Crippen LogP contribution in [0, 0.1) is 0 Å². The molecular weight excluding hydrogens is 312 g/mol. The second-order valence-corrected chi connectivity index (χ2v) is 5.70. The van der Waals surface area contributed by atoms with Gasteiger partial charge in [-0.1, -0.05) is 17.7 Å². The summed E-state index contributed by atoms with van der Waals surface area (Å²) in [6.45, 7) is 1.43. The number of aromatic nitrogens is 2. The Morgan fingerprint density at radius 1 is 1.17 bits per heavy atom. The fourth-order valence-corrected chi connectivity index (χ4v) is 2.66. The summed E-state index contributed by atoms with van der Waals surface area (Å²) in [4.78, 5) is 0. The zero-order valence-electron chi connectivity index (χ0n) is 13.1. The molecule has 0 aliphatic heterocycles. The van der Waals surface area contributed by atoms with Gasteiger partial charge in [0.05, 0.1) is 12.1 Å². The van der Waals surface area contributed by atoms with Crippen LogP contribution in [0.3, 0.4) is 0 Å². The number of anilines is 3. The normalized spacial score (nSPS) is 10.9. The fourth-order valence-electron chi connectivity index (χ4n) is 2.47. The number of nitrogens with zero attached hydrogens (tertiary/aromatic N) is 2. The Labute approximate surface area is 140 Å². The standard InChI is InChI=1S/C17H19ClN4O/c1-22-16-7-6-13(19-8-9-23-2)11-15(16)17(21-22)20-14-5-3-4-12(18)10-14/h3-7,10-11,19H,8-9H2,1-2H3,(H,20,21). The lowest BCUT2D eigenvalue weighted by atomic mass is 10.2. The van der Waals surface area contributed by atoms with Crippen molar-refractivity contribution in [3.63, 3.8) is 0 Å². The summed E-state index contributed by atoms with van der Waals surface area (Å²) in [7, 11) is 3.63. The smallest absolute Gasteiger partial charge is 0.160 e. The minimum atomic E-state index is 0.665. The molecule has 0 fully saturated rings. The van der Waals surface area contributed by atoms with Gasteiger partial charge in [-0.2, -0.15) is 5.10 Å². The van der Waals surface area contributed by atoms with E-state index in [4.69, 9.17) is 16.3 Å². The lowest BCUT2D eigenvalue weighted by Gasteiger charge is -2.07. The van der Waals surface area contributed by atoms with Gasteiger partial charge in [-0.3, -0.25) is 4.68 Å². The SMILES string of the molecule is COCCNc1ccc2c(c1)c(Nc1cccc(Cl)c1)nn2C. The summed E-state index contributed by atoms with van der Waals surface area (Å²) >= 11 is 6.04. The monoisotopic (exact) mass is 330 g/mol. The molecule has 0 radical (unpaired) electrons. The molecule has 0 unspecified atom stereocenters. The molecule has 2 N–H and O–H groups in total. The van der Waals surface area contributed by atoms with Crippen LogP contribution in [-0.2, 0) is 11.8 Å². The van der Waals surface area contributed by atoms with E-state index < -0.39 is 0 Å². The highest BCUT2D eigenvalue weighted by atomic mass is 35.5. The Hall–Kier alpha value is -2.24. The number of hydrogen-bond acceptors (Lipinski definition) is 4. The van der Waals surface area contributed by atoms with Gasteiger partial charge in [0, 0.05) is 42.5 Å². The molecule has 0 aliphatic carbocycles. The third kappa shape index (κ3) is 3.57. The molecule has 120 valence electrons. The number of nitrogens with one attached hydrogen (secondary N) is 2. The van der Waals surface area contributed by atoms with E-state index in [1.807, 2.05) is 42.1 Å². The van der Waals surface area contributed by atoms with Crippen molar-refractivity contribution in [3.05, 3.63) is 47.5 Å². The molecule has 3 rings (SSSR count). The van der Waals surface area contributed by atoms with Gasteiger partial charge in [-0.25, -0.2) is 0 Å². The maximum absolute atomic E-state index is 6.04. The van der Waals surface area contributed by atoms with Gasteiger partial charge in [0.1, 0.15) is 0 Å². The van der Waals surface area contributed by atoms with E-state index in [1.54, 1.807) is 7.11 Å². The summed E-state index contributed by atoms with van der Waals surface area (Å²) < 4.78 is 6.93. The van der Waals surface area contributed by atoms with Crippen molar-refractivity contribution < 1.29 is 4.74 Å². The average molecular weight is 331 g/mol. The molecule has 0 atom stereocenters. The fraction of sp³-hybridized carbons (Fsp3) is 0.235. The van der Waals surface area contributed by atoms with E-state index in [0.29, 0.717) is 11.6 Å². The highest BCUT2D eigenvalue weighted by molar-refractivity contribution is 6.30. The van der Waals surface area contributed by atoms with Crippen LogP contribution in [0.5, 0.6) is 0 Å². The van der Waals surface area contributed by atoms with E-state index in [-0.39, 0.29) is 0 Å². The zero-order valence-corrected chi connectivity index (χ0v) is 13.9. The first-order valence-corrected chi connectivity index (χ1v) is 7.77. The van der Waals surface area contributed by atoms with Gasteiger partial charge in [-0.05, 0) is 36.4 Å². The molecule has 6 heteroatoms. The maximum atomic E-state index is 6.04. The molecule has 0 saturated carbocycles. The molecule has 3 aromatic rings. The van der Waals surface area contributed by atoms with Gasteiger partial charge < -0.3 is 15.4 Å². The van der Waals surface area contributed by atoms with Gasteiger partial charge >= 0.3 is 0 Å². The number of benzene rings is 2. The highest BCUT2D eigenvalue weighted by Gasteiger charge is 2.10. The van der Waals surface area contributed by atoms with Crippen molar-refractivity contribution in [2.75, 3.05) is 30.9 Å². The van der Waals surface area contributed by atoms with E-state index in [0.717, 1.165) is 34.6 Å². The summed E-state index contributed by atoms with van der Waals surface area (Å²) in [5, 5.41) is 13.0. The first kappa shape index (κ1) is 15.6. The number of hydrogen-bond donors (Lipinski definition) is 2. The molecule has 1 heterocycles. The molecular formula is C17H19ClN4O. The first-order chi connectivity index (χ1) is 11.2. The third-order valence-electron chi connectivity index (χ3n) is 3.57. The van der Waals surface area contributed by atoms with Crippen LogP contribution in [0.25, 0.3) is 10.9 Å². The minimum absolute atomic E-state index is 0.665. The number of fused-ring (bicyclic) bond motifs is 1. The average Bonchev–Trinajstić information content (AvgIpc) is 2.83. The van der Waals surface area contributed by atoms with Crippen LogP contribution in [0.1, 0.15) is 0 Å². The predicted molar refractivity (Wildman–Crippen MR) is 95.8 cm³/mol. The van der Waals surface area contributed by atoms with Crippen LogP contribution in [0.15, 0.2) is 42.5 Å². The lowest BCUT2D eigenvalue weighted by molar-refractivity contribution is 0.211. The Kier molecular flexibility index (Phi) is 4.69. The molecule has 0 amide bonds. The molecule has 23 heavy (non-hydrogen) atoms. The van der Waals surface area contributed by atoms with E-state index in [1.165, 1.54) is 0 Å². The second-order valence-electron chi connectivity index (χ2n) is 5.26. The summed E-state index contributed by atoms with van der Waals surface area (Å²) in [6, 6.07) is 13.8. The van der Waals surface area contributed by atoms with Crippen molar-refractivity contribution in [2.45, 2.75) is 0 Å². The van der Waals surface area contributed by atoms with E-state index in [9.17, 15) is 0 Å². The molecule has 0 spiro atoms. The van der Waals surface area contributed by atoms with Gasteiger partial charge in [-0.15, -0.1) is 0 Å². The molecule has 0 saturated heterocycles. The number of halogens is 1. The second kappa shape index (κ2) is 6.89. The number of ether oxygens (including phenoxy) is 1. The predicted octanol–water partition coefficient (Wildman–Crippen LogP) is 4.03. The van der Waals surface area contributed by atoms with Crippen LogP contribution in [-0.4, -0.2) is 30.0 Å². The lowest BCUT2D eigenvalue weighted by Crippen LogP contribution is -2.07. The van der Waals surface area contributed by atoms with E-state index >= 15 is 0 Å². The van der Waals surface area contributed by atoms with Gasteiger partial charge in [0.15, 0.2) is 5.82 Å². The van der Waals surface area contributed by atoms with Crippen LogP contribution >= 0.6 is 11.6 Å². The van der Waals surface area contributed by atoms with Crippen molar-refractivity contribution in [1.82, 2.24) is 9.78 Å². The highest BCUT2D eigenvalue weighted by Crippen LogP contribution is 2.28. The Balaban J connectivity index is 1.91. The summed E-state index contributed by atoms with van der Waals surface area (Å²) in [6.07, 6.45) is 0. The van der Waals surface area contributed by atoms with Crippen LogP contribution in [0.2, 0.25) is 5.02 Å². The van der Waals surface area contributed by atoms with Crippen LogP contribution < -0.4 is 10.6 Å². The first-order valence-electron chi connectivity index (χ1n) is 7.39. The van der Waals surface area contributed by atoms with Crippen LogP contribution in [0.4, 0.5) is 17.2 Å². The topological polar surface area (TPSA) is 51.1 Å². The molecule has 0 aliphatic rings. The molecule has 0 bridgehead atoms. The summed E-state index contributed by atoms with van der Waals surface area (Å²) in [5.74, 6) is 0.806. The number of methoxy groups -OCH3 is 1. The summed E-state index contributed by atoms with van der Waals surface area (Å²) in [5.41, 5.74) is 3.01. The minimum Gasteiger partial charge on any atom is -0.383 e. The van der Waals surface area contributed by atoms with Crippen molar-refractivity contribution in [3.8, 4) is 0 Å². The van der Waals surface area contributed by atoms with Crippen molar-refractivity contribution in [1.29, 1.82) is 0 Å². The Bertz CT molecular complexity index is 815. The molecule has 2 aromatic carbocycles. The number of rotatable bonds is 6. The molecule has 5 nitrogen and oxygen atoms in total. The Morgan fingerprint density at radius 3 is 2.83 bits per heavy atom. The van der Waals surface area contributed by atoms with Gasteiger partial charge in [0.2, 0.25) is 0 Å². The Morgan fingerprint density at radius 2 is 2.04 bits per heavy atom. The number of aryl methyl sites for hydroxylation is 1.